The van der Waals surface area contributed by atoms with E-state index in [1.807, 2.05) is 19.0 Å². The number of rotatable bonds is 1. The quantitative estimate of drug-likeness (QED) is 0.611. The van der Waals surface area contributed by atoms with Crippen molar-refractivity contribution < 1.29 is 9.18 Å². The standard InChI is InChI=1S/C9H18FN3O/c1-11(2)8-6-13(5-7(8)10)9(14)12(3)4/h7-8H,5-6H2,1-4H3. The SMILES string of the molecule is CN(C)C(=O)N1CC(F)C(N(C)C)C1. The van der Waals surface area contributed by atoms with Gasteiger partial charge in [0.05, 0.1) is 12.6 Å². The Morgan fingerprint density at radius 1 is 1.29 bits per heavy atom. The van der Waals surface area contributed by atoms with Crippen LogP contribution in [0.15, 0.2) is 0 Å². The molecular formula is C9H18FN3O. The summed E-state index contributed by atoms with van der Waals surface area (Å²) in [5.74, 6) is 0. The number of urea groups is 1. The molecule has 2 atom stereocenters. The first-order valence-electron chi connectivity index (χ1n) is 4.70. The predicted molar refractivity (Wildman–Crippen MR) is 53.0 cm³/mol. The van der Waals surface area contributed by atoms with Gasteiger partial charge in [-0.1, -0.05) is 0 Å². The first-order valence-corrected chi connectivity index (χ1v) is 4.70. The maximum Gasteiger partial charge on any atom is 0.319 e. The van der Waals surface area contributed by atoms with Crippen LogP contribution in [0.4, 0.5) is 9.18 Å². The number of alkyl halides is 1. The molecule has 0 saturated carbocycles. The highest BCUT2D eigenvalue weighted by atomic mass is 19.1. The van der Waals surface area contributed by atoms with Gasteiger partial charge in [0.1, 0.15) is 6.17 Å². The Bertz CT molecular complexity index is 220. The van der Waals surface area contributed by atoms with Gasteiger partial charge in [0, 0.05) is 20.6 Å². The average molecular weight is 203 g/mol. The van der Waals surface area contributed by atoms with E-state index in [9.17, 15) is 9.18 Å². The van der Waals surface area contributed by atoms with E-state index < -0.39 is 6.17 Å². The van der Waals surface area contributed by atoms with Crippen LogP contribution in [0, 0.1) is 0 Å². The van der Waals surface area contributed by atoms with Crippen LogP contribution in [-0.4, -0.2) is 74.2 Å². The van der Waals surface area contributed by atoms with E-state index in [1.165, 1.54) is 4.90 Å². The van der Waals surface area contributed by atoms with E-state index in [-0.39, 0.29) is 18.6 Å². The van der Waals surface area contributed by atoms with Gasteiger partial charge in [-0.05, 0) is 14.1 Å². The molecule has 2 unspecified atom stereocenters. The fourth-order valence-corrected chi connectivity index (χ4v) is 1.67. The first kappa shape index (κ1) is 11.2. The van der Waals surface area contributed by atoms with Gasteiger partial charge in [-0.2, -0.15) is 0 Å². The van der Waals surface area contributed by atoms with Crippen LogP contribution >= 0.6 is 0 Å². The van der Waals surface area contributed by atoms with Gasteiger partial charge in [0.2, 0.25) is 0 Å². The molecule has 82 valence electrons. The zero-order valence-corrected chi connectivity index (χ0v) is 9.20. The molecule has 1 heterocycles. The molecule has 1 aliphatic rings. The van der Waals surface area contributed by atoms with Gasteiger partial charge in [-0.3, -0.25) is 0 Å². The van der Waals surface area contributed by atoms with E-state index in [0.717, 1.165) is 0 Å². The van der Waals surface area contributed by atoms with Crippen molar-refractivity contribution in [1.82, 2.24) is 14.7 Å². The van der Waals surface area contributed by atoms with Crippen molar-refractivity contribution in [3.05, 3.63) is 0 Å². The fourth-order valence-electron chi connectivity index (χ4n) is 1.67. The summed E-state index contributed by atoms with van der Waals surface area (Å²) in [5, 5.41) is 0. The number of hydrogen-bond donors (Lipinski definition) is 0. The van der Waals surface area contributed by atoms with Crippen molar-refractivity contribution in [2.75, 3.05) is 41.3 Å². The fraction of sp³-hybridized carbons (Fsp3) is 0.889. The van der Waals surface area contributed by atoms with Crippen LogP contribution in [0.25, 0.3) is 0 Å². The molecule has 14 heavy (non-hydrogen) atoms. The summed E-state index contributed by atoms with van der Waals surface area (Å²) in [7, 11) is 7.03. The van der Waals surface area contributed by atoms with Gasteiger partial charge in [-0.15, -0.1) is 0 Å². The van der Waals surface area contributed by atoms with Gasteiger partial charge in [0.15, 0.2) is 0 Å². The molecule has 0 spiro atoms. The number of carbonyl (C=O) groups is 1. The number of likely N-dealkylation sites (tertiary alicyclic amines) is 1. The summed E-state index contributed by atoms with van der Waals surface area (Å²) in [5.41, 5.74) is 0. The van der Waals surface area contributed by atoms with Crippen molar-refractivity contribution in [1.29, 1.82) is 0 Å². The molecular weight excluding hydrogens is 185 g/mol. The Hall–Kier alpha value is -0.840. The molecule has 1 saturated heterocycles. The predicted octanol–water partition coefficient (Wildman–Crippen LogP) is 0.252. The van der Waals surface area contributed by atoms with E-state index in [4.69, 9.17) is 0 Å². The van der Waals surface area contributed by atoms with E-state index in [0.29, 0.717) is 6.54 Å². The summed E-state index contributed by atoms with van der Waals surface area (Å²) in [6.45, 7) is 0.686. The monoisotopic (exact) mass is 203 g/mol. The van der Waals surface area contributed by atoms with Crippen molar-refractivity contribution in [3.8, 4) is 0 Å². The molecule has 0 aliphatic carbocycles. The third-order valence-corrected chi connectivity index (χ3v) is 2.54. The van der Waals surface area contributed by atoms with E-state index >= 15 is 0 Å². The number of halogens is 1. The van der Waals surface area contributed by atoms with E-state index in [1.54, 1.807) is 19.0 Å². The van der Waals surface area contributed by atoms with Crippen LogP contribution in [0.2, 0.25) is 0 Å². The second-order valence-electron chi connectivity index (χ2n) is 4.13. The number of likely N-dealkylation sites (N-methyl/N-ethyl adjacent to an activating group) is 1. The lowest BCUT2D eigenvalue weighted by atomic mass is 10.2. The first-order chi connectivity index (χ1) is 6.43. The Morgan fingerprint density at radius 2 is 1.86 bits per heavy atom. The topological polar surface area (TPSA) is 26.8 Å². The van der Waals surface area contributed by atoms with Gasteiger partial charge in [-0.25, -0.2) is 9.18 Å². The molecule has 1 rings (SSSR count). The molecule has 5 heteroatoms. The van der Waals surface area contributed by atoms with Crippen LogP contribution in [0.5, 0.6) is 0 Å². The Labute approximate surface area is 84.3 Å². The number of amides is 2. The lowest BCUT2D eigenvalue weighted by Gasteiger charge is -2.22. The van der Waals surface area contributed by atoms with Crippen LogP contribution in [-0.2, 0) is 0 Å². The summed E-state index contributed by atoms with van der Waals surface area (Å²) < 4.78 is 13.5. The third kappa shape index (κ3) is 2.15. The molecule has 0 radical (unpaired) electrons. The van der Waals surface area contributed by atoms with Gasteiger partial charge < -0.3 is 14.7 Å². The highest BCUT2D eigenvalue weighted by Crippen LogP contribution is 2.17. The zero-order valence-electron chi connectivity index (χ0n) is 9.20. The Balaban J connectivity index is 2.59. The highest BCUT2D eigenvalue weighted by Gasteiger charge is 2.36. The van der Waals surface area contributed by atoms with Gasteiger partial charge in [0.25, 0.3) is 0 Å². The summed E-state index contributed by atoms with van der Waals surface area (Å²) in [4.78, 5) is 16.4. The second-order valence-corrected chi connectivity index (χ2v) is 4.13. The van der Waals surface area contributed by atoms with Crippen LogP contribution in [0.1, 0.15) is 0 Å². The molecule has 0 N–H and O–H groups in total. The second kappa shape index (κ2) is 4.13. The maximum atomic E-state index is 13.5. The molecule has 2 amide bonds. The van der Waals surface area contributed by atoms with Crippen molar-refractivity contribution in [3.63, 3.8) is 0 Å². The zero-order chi connectivity index (χ0) is 10.9. The average Bonchev–Trinajstić information content (AvgIpc) is 2.45. The van der Waals surface area contributed by atoms with Crippen LogP contribution in [0.3, 0.4) is 0 Å². The minimum atomic E-state index is -0.936. The molecule has 0 aromatic heterocycles. The normalized spacial score (nSPS) is 27.1. The minimum absolute atomic E-state index is 0.114. The lowest BCUT2D eigenvalue weighted by Crippen LogP contribution is -2.40. The molecule has 0 aromatic carbocycles. The lowest BCUT2D eigenvalue weighted by molar-refractivity contribution is 0.177. The third-order valence-electron chi connectivity index (χ3n) is 2.54. The van der Waals surface area contributed by atoms with Gasteiger partial charge >= 0.3 is 6.03 Å². The maximum absolute atomic E-state index is 13.5. The Kier molecular flexibility index (Phi) is 3.31. The minimum Gasteiger partial charge on any atom is -0.331 e. The molecule has 4 nitrogen and oxygen atoms in total. The number of nitrogens with zero attached hydrogens (tertiary/aromatic N) is 3. The van der Waals surface area contributed by atoms with E-state index in [2.05, 4.69) is 0 Å². The molecule has 0 aromatic rings. The summed E-state index contributed by atoms with van der Waals surface area (Å²) in [6, 6.07) is -0.282. The van der Waals surface area contributed by atoms with Crippen LogP contribution < -0.4 is 0 Å². The van der Waals surface area contributed by atoms with Crippen molar-refractivity contribution >= 4 is 6.03 Å². The summed E-state index contributed by atoms with van der Waals surface area (Å²) in [6.07, 6.45) is -0.936. The highest BCUT2D eigenvalue weighted by molar-refractivity contribution is 5.74. The molecule has 0 bridgehead atoms. The Morgan fingerprint density at radius 3 is 2.21 bits per heavy atom. The largest absolute Gasteiger partial charge is 0.331 e. The smallest absolute Gasteiger partial charge is 0.319 e. The van der Waals surface area contributed by atoms with Crippen molar-refractivity contribution in [2.45, 2.75) is 12.2 Å². The number of hydrogen-bond acceptors (Lipinski definition) is 2. The molecule has 1 fully saturated rings. The summed E-state index contributed by atoms with van der Waals surface area (Å²) >= 11 is 0. The number of carbonyl (C=O) groups excluding carboxylic acids is 1. The van der Waals surface area contributed by atoms with Crippen molar-refractivity contribution in [2.24, 2.45) is 0 Å². The molecule has 1 aliphatic heterocycles.